The van der Waals surface area contributed by atoms with Crippen molar-refractivity contribution in [3.63, 3.8) is 0 Å². The molecule has 0 unspecified atom stereocenters. The lowest BCUT2D eigenvalue weighted by atomic mass is 10.1. The van der Waals surface area contributed by atoms with Crippen LogP contribution in [0, 0.1) is 0 Å². The SMILES string of the molecule is O=C(CCc1ccccc1Br)CSCC(=O)CCc1ccccc1Br. The van der Waals surface area contributed by atoms with Gasteiger partial charge < -0.3 is 0 Å². The average Bonchev–Trinajstić information content (AvgIpc) is 2.60. The van der Waals surface area contributed by atoms with Crippen molar-refractivity contribution < 1.29 is 9.59 Å². The summed E-state index contributed by atoms with van der Waals surface area (Å²) in [6, 6.07) is 15.9. The van der Waals surface area contributed by atoms with Crippen molar-refractivity contribution in [3.8, 4) is 0 Å². The average molecular weight is 484 g/mol. The molecule has 2 aromatic carbocycles. The molecule has 0 saturated heterocycles. The number of hydrogen-bond donors (Lipinski definition) is 0. The Morgan fingerprint density at radius 3 is 1.52 bits per heavy atom. The first-order chi connectivity index (χ1) is 12.1. The summed E-state index contributed by atoms with van der Waals surface area (Å²) >= 11 is 8.42. The van der Waals surface area contributed by atoms with Crippen molar-refractivity contribution in [1.82, 2.24) is 0 Å². The van der Waals surface area contributed by atoms with Crippen molar-refractivity contribution in [2.45, 2.75) is 25.7 Å². The second kappa shape index (κ2) is 10.9. The third-order valence-corrected chi connectivity index (χ3v) is 6.39. The molecule has 0 saturated carbocycles. The highest BCUT2D eigenvalue weighted by Gasteiger charge is 2.08. The van der Waals surface area contributed by atoms with Crippen LogP contribution in [-0.4, -0.2) is 23.1 Å². The van der Waals surface area contributed by atoms with Gasteiger partial charge in [0.05, 0.1) is 11.5 Å². The molecule has 0 fully saturated rings. The molecular formula is C20H20Br2O2S. The summed E-state index contributed by atoms with van der Waals surface area (Å²) in [5, 5.41) is 0. The molecule has 0 radical (unpaired) electrons. The van der Waals surface area contributed by atoms with Crippen LogP contribution in [0.1, 0.15) is 24.0 Å². The molecule has 0 aliphatic rings. The third kappa shape index (κ3) is 7.47. The van der Waals surface area contributed by atoms with Gasteiger partial charge in [0, 0.05) is 21.8 Å². The van der Waals surface area contributed by atoms with E-state index in [1.54, 1.807) is 0 Å². The molecule has 0 aliphatic heterocycles. The Labute approximate surface area is 170 Å². The molecule has 0 bridgehead atoms. The zero-order chi connectivity index (χ0) is 18.1. The molecule has 0 aromatic heterocycles. The zero-order valence-corrected chi connectivity index (χ0v) is 17.8. The third-order valence-electron chi connectivity index (χ3n) is 3.79. The van der Waals surface area contributed by atoms with Gasteiger partial charge in [-0.3, -0.25) is 9.59 Å². The first-order valence-corrected chi connectivity index (χ1v) is 10.9. The standard InChI is InChI=1S/C20H20Br2O2S/c21-19-7-3-1-5-15(19)9-11-17(23)13-25-14-18(24)12-10-16-6-2-4-8-20(16)22/h1-8H,9-14H2. The fourth-order valence-corrected chi connectivity index (χ4v) is 4.19. The van der Waals surface area contributed by atoms with E-state index in [4.69, 9.17) is 0 Å². The van der Waals surface area contributed by atoms with Crippen LogP contribution in [0.3, 0.4) is 0 Å². The molecule has 0 heterocycles. The minimum atomic E-state index is 0.194. The number of hydrogen-bond acceptors (Lipinski definition) is 3. The van der Waals surface area contributed by atoms with Crippen LogP contribution in [0.5, 0.6) is 0 Å². The van der Waals surface area contributed by atoms with E-state index in [0.29, 0.717) is 24.3 Å². The number of carbonyl (C=O) groups excluding carboxylic acids is 2. The molecule has 0 amide bonds. The molecule has 5 heteroatoms. The van der Waals surface area contributed by atoms with E-state index < -0.39 is 0 Å². The van der Waals surface area contributed by atoms with Crippen molar-refractivity contribution in [3.05, 3.63) is 68.6 Å². The van der Waals surface area contributed by atoms with E-state index in [0.717, 1.165) is 32.9 Å². The highest BCUT2D eigenvalue weighted by Crippen LogP contribution is 2.19. The fourth-order valence-electron chi connectivity index (χ4n) is 2.37. The van der Waals surface area contributed by atoms with Gasteiger partial charge in [-0.1, -0.05) is 68.3 Å². The van der Waals surface area contributed by atoms with Gasteiger partial charge in [-0.2, -0.15) is 0 Å². The normalized spacial score (nSPS) is 10.6. The monoisotopic (exact) mass is 482 g/mol. The number of halogens is 2. The largest absolute Gasteiger partial charge is 0.299 e. The number of benzene rings is 2. The lowest BCUT2D eigenvalue weighted by molar-refractivity contribution is -0.116. The lowest BCUT2D eigenvalue weighted by Gasteiger charge is -2.05. The Morgan fingerprint density at radius 1 is 0.720 bits per heavy atom. The quantitative estimate of drug-likeness (QED) is 0.438. The summed E-state index contributed by atoms with van der Waals surface area (Å²) in [5.74, 6) is 1.20. The lowest BCUT2D eigenvalue weighted by Crippen LogP contribution is -2.08. The van der Waals surface area contributed by atoms with Crippen molar-refractivity contribution >= 4 is 55.2 Å². The van der Waals surface area contributed by atoms with Crippen LogP contribution < -0.4 is 0 Å². The molecular weight excluding hydrogens is 464 g/mol. The van der Waals surface area contributed by atoms with Gasteiger partial charge in [0.1, 0.15) is 11.6 Å². The Hall–Kier alpha value is -0.910. The number of aryl methyl sites for hydroxylation is 2. The minimum absolute atomic E-state index is 0.194. The summed E-state index contributed by atoms with van der Waals surface area (Å²) in [6.07, 6.45) is 2.50. The first-order valence-electron chi connectivity index (χ1n) is 8.14. The second-order valence-electron chi connectivity index (χ2n) is 5.75. The van der Waals surface area contributed by atoms with Crippen LogP contribution in [0.15, 0.2) is 57.5 Å². The predicted molar refractivity (Wildman–Crippen MR) is 112 cm³/mol. The van der Waals surface area contributed by atoms with Crippen LogP contribution in [0.2, 0.25) is 0 Å². The van der Waals surface area contributed by atoms with E-state index >= 15 is 0 Å². The molecule has 2 aromatic rings. The molecule has 0 N–H and O–H groups in total. The topological polar surface area (TPSA) is 34.1 Å². The Kier molecular flexibility index (Phi) is 8.93. The molecule has 2 rings (SSSR count). The summed E-state index contributed by atoms with van der Waals surface area (Å²) in [5.41, 5.74) is 2.29. The van der Waals surface area contributed by atoms with E-state index in [2.05, 4.69) is 31.9 Å². The van der Waals surface area contributed by atoms with Gasteiger partial charge in [-0.05, 0) is 36.1 Å². The van der Waals surface area contributed by atoms with Gasteiger partial charge in [-0.15, -0.1) is 11.8 Å². The van der Waals surface area contributed by atoms with Crippen LogP contribution >= 0.6 is 43.6 Å². The Bertz CT molecular complexity index is 670. The van der Waals surface area contributed by atoms with E-state index in [1.165, 1.54) is 11.8 Å². The molecule has 0 spiro atoms. The molecule has 2 nitrogen and oxygen atoms in total. The van der Waals surface area contributed by atoms with Gasteiger partial charge in [0.25, 0.3) is 0 Å². The molecule has 25 heavy (non-hydrogen) atoms. The van der Waals surface area contributed by atoms with Crippen molar-refractivity contribution in [1.29, 1.82) is 0 Å². The predicted octanol–water partition coefficient (Wildman–Crippen LogP) is 5.65. The van der Waals surface area contributed by atoms with Crippen LogP contribution in [0.4, 0.5) is 0 Å². The number of rotatable bonds is 10. The van der Waals surface area contributed by atoms with Crippen molar-refractivity contribution in [2.24, 2.45) is 0 Å². The number of carbonyl (C=O) groups is 2. The Balaban J connectivity index is 1.63. The molecule has 132 valence electrons. The van der Waals surface area contributed by atoms with Gasteiger partial charge >= 0.3 is 0 Å². The van der Waals surface area contributed by atoms with Gasteiger partial charge in [0.2, 0.25) is 0 Å². The summed E-state index contributed by atoms with van der Waals surface area (Å²) in [7, 11) is 0. The summed E-state index contributed by atoms with van der Waals surface area (Å²) in [6.45, 7) is 0. The minimum Gasteiger partial charge on any atom is -0.299 e. The number of ketones is 2. The van der Waals surface area contributed by atoms with Crippen LogP contribution in [-0.2, 0) is 22.4 Å². The van der Waals surface area contributed by atoms with E-state index in [-0.39, 0.29) is 11.6 Å². The van der Waals surface area contributed by atoms with E-state index in [1.807, 2.05) is 48.5 Å². The summed E-state index contributed by atoms with van der Waals surface area (Å²) in [4.78, 5) is 24.0. The first kappa shape index (κ1) is 20.4. The van der Waals surface area contributed by atoms with Gasteiger partial charge in [0.15, 0.2) is 0 Å². The fraction of sp³-hybridized carbons (Fsp3) is 0.300. The van der Waals surface area contributed by atoms with Crippen LogP contribution in [0.25, 0.3) is 0 Å². The number of Topliss-reactive ketones (excluding diaryl/α,β-unsaturated/α-hetero) is 2. The highest BCUT2D eigenvalue weighted by atomic mass is 79.9. The summed E-state index contributed by atoms with van der Waals surface area (Å²) < 4.78 is 2.08. The zero-order valence-electron chi connectivity index (χ0n) is 13.8. The second-order valence-corrected chi connectivity index (χ2v) is 8.45. The van der Waals surface area contributed by atoms with E-state index in [9.17, 15) is 9.59 Å². The maximum absolute atomic E-state index is 12.0. The Morgan fingerprint density at radius 2 is 1.12 bits per heavy atom. The molecule has 0 aliphatic carbocycles. The van der Waals surface area contributed by atoms with Crippen molar-refractivity contribution in [2.75, 3.05) is 11.5 Å². The maximum Gasteiger partial charge on any atom is 0.143 e. The number of thioether (sulfide) groups is 1. The maximum atomic E-state index is 12.0. The molecule has 0 atom stereocenters. The smallest absolute Gasteiger partial charge is 0.143 e. The van der Waals surface area contributed by atoms with Gasteiger partial charge in [-0.25, -0.2) is 0 Å². The highest BCUT2D eigenvalue weighted by molar-refractivity contribution is 9.10.